The Labute approximate surface area is 401 Å². The van der Waals surface area contributed by atoms with Crippen LogP contribution in [-0.2, 0) is 83.4 Å². The molecule has 2 aliphatic rings. The topological polar surface area (TPSA) is 167 Å². The number of carbonyl (C=O) groups is 3. The van der Waals surface area contributed by atoms with Gasteiger partial charge in [-0.3, -0.25) is 14.4 Å². The summed E-state index contributed by atoms with van der Waals surface area (Å²) >= 11 is 1.38. The summed E-state index contributed by atoms with van der Waals surface area (Å²) in [5, 5.41) is 14.2. The molecule has 2 N–H and O–H groups in total. The number of thioether (sulfide) groups is 1. The van der Waals surface area contributed by atoms with Crippen LogP contribution in [0, 0.1) is 0 Å². The van der Waals surface area contributed by atoms with Crippen molar-refractivity contribution in [3.8, 4) is 0 Å². The number of nitrogens with one attached hydrogen (secondary N) is 1. The van der Waals surface area contributed by atoms with Crippen LogP contribution in [0.5, 0.6) is 0 Å². The van der Waals surface area contributed by atoms with Gasteiger partial charge in [0.15, 0.2) is 12.4 Å². The monoisotopic (exact) mass is 949 g/mol. The van der Waals surface area contributed by atoms with Crippen LogP contribution in [0.2, 0.25) is 0 Å². The molecule has 360 valence electrons. The van der Waals surface area contributed by atoms with E-state index in [2.05, 4.69) is 5.32 Å². The fourth-order valence-corrected chi connectivity index (χ4v) is 9.06. The number of aliphatic hydroxyl groups is 1. The van der Waals surface area contributed by atoms with Crippen LogP contribution < -0.4 is 5.32 Å². The highest BCUT2D eigenvalue weighted by molar-refractivity contribution is 7.99. The molecule has 1 amide bonds. The highest BCUT2D eigenvalue weighted by Gasteiger charge is 2.51. The van der Waals surface area contributed by atoms with Gasteiger partial charge < -0.3 is 53.1 Å². The van der Waals surface area contributed by atoms with Crippen molar-refractivity contribution in [3.05, 3.63) is 174 Å². The molecule has 0 spiro atoms. The van der Waals surface area contributed by atoms with E-state index in [4.69, 9.17) is 42.6 Å². The zero-order chi connectivity index (χ0) is 47.5. The molecule has 2 aliphatic heterocycles. The first kappa shape index (κ1) is 50.4. The third-order valence-corrected chi connectivity index (χ3v) is 12.5. The number of benzene rings is 5. The minimum absolute atomic E-state index is 0.126. The van der Waals surface area contributed by atoms with E-state index in [-0.39, 0.29) is 51.8 Å². The summed E-state index contributed by atoms with van der Waals surface area (Å²) in [6.45, 7) is 1.97. The average Bonchev–Trinajstić information content (AvgIpc) is 3.36. The molecule has 0 saturated carbocycles. The number of rotatable bonds is 23. The maximum atomic E-state index is 14.0. The van der Waals surface area contributed by atoms with Crippen LogP contribution in [0.4, 0.5) is 0 Å². The lowest BCUT2D eigenvalue weighted by molar-refractivity contribution is -0.273. The number of hydrogen-bond acceptors (Lipinski definition) is 14. The standard InChI is InChI=1S/C53H59NO13S/c1-36(55)54-46-49(63-32-39-22-12-5-13-23-39)47(58)42(65-52(46)59-2)35-61-44(56)28-29-45(57)67-51-50(64-33-40-24-14-6-15-25-40)48(62-31-38-20-10-4-11-21-38)43(34-60-30-37-18-8-3-9-19-37)66-53(51)68-41-26-16-7-17-27-41/h3-27,42-43,46-53,58H,28-35H2,1-2H3,(H,54,55)/t42-,43-,46-,47-,48-,49-,50+,51-,52+,53+/m1/s1. The molecule has 0 aliphatic carbocycles. The van der Waals surface area contributed by atoms with E-state index in [1.54, 1.807) is 0 Å². The minimum Gasteiger partial charge on any atom is -0.463 e. The maximum Gasteiger partial charge on any atom is 0.306 e. The van der Waals surface area contributed by atoms with Crippen molar-refractivity contribution in [1.29, 1.82) is 0 Å². The predicted octanol–water partition coefficient (Wildman–Crippen LogP) is 6.95. The number of aliphatic hydroxyl groups excluding tert-OH is 1. The molecular formula is C53H59NO13S. The molecule has 0 unspecified atom stereocenters. The second-order valence-corrected chi connectivity index (χ2v) is 17.6. The van der Waals surface area contributed by atoms with Crippen molar-refractivity contribution in [3.63, 3.8) is 0 Å². The van der Waals surface area contributed by atoms with Gasteiger partial charge in [-0.15, -0.1) is 0 Å². The Bertz CT molecular complexity index is 2260. The number of carbonyl (C=O) groups excluding carboxylic acids is 3. The van der Waals surface area contributed by atoms with Gasteiger partial charge in [0.2, 0.25) is 5.91 Å². The van der Waals surface area contributed by atoms with E-state index in [9.17, 15) is 19.5 Å². The van der Waals surface area contributed by atoms with E-state index < -0.39 is 72.4 Å². The van der Waals surface area contributed by atoms with Gasteiger partial charge in [0.25, 0.3) is 0 Å². The number of hydrogen-bond donors (Lipinski definition) is 2. The first-order valence-corrected chi connectivity index (χ1v) is 23.6. The fraction of sp³-hybridized carbons (Fsp3) is 0.377. The summed E-state index contributed by atoms with van der Waals surface area (Å²) in [7, 11) is 1.40. The van der Waals surface area contributed by atoms with E-state index in [0.29, 0.717) is 6.61 Å². The molecule has 5 aromatic rings. The summed E-state index contributed by atoms with van der Waals surface area (Å²) in [4.78, 5) is 40.3. The summed E-state index contributed by atoms with van der Waals surface area (Å²) < 4.78 is 56.2. The van der Waals surface area contributed by atoms with Crippen molar-refractivity contribution in [1.82, 2.24) is 5.32 Å². The largest absolute Gasteiger partial charge is 0.463 e. The minimum atomic E-state index is -1.33. The SMILES string of the molecule is CO[C@H]1O[C@H](COC(=O)CCC(=O)O[C@@H]2[C@@H](OCc3ccccc3)[C@H](OCc3ccccc3)[C@@H](COCc3ccccc3)O[C@H]2Sc2ccccc2)[C@@H](O)[C@H](OCc2ccccc2)[C@H]1NC(C)=O. The van der Waals surface area contributed by atoms with E-state index in [0.717, 1.165) is 27.1 Å². The molecule has 10 atom stereocenters. The van der Waals surface area contributed by atoms with Gasteiger partial charge in [-0.2, -0.15) is 0 Å². The molecule has 2 heterocycles. The second-order valence-electron chi connectivity index (χ2n) is 16.4. The van der Waals surface area contributed by atoms with Crippen LogP contribution in [0.15, 0.2) is 157 Å². The maximum absolute atomic E-state index is 14.0. The van der Waals surface area contributed by atoms with E-state index in [1.165, 1.54) is 25.8 Å². The molecule has 14 nitrogen and oxygen atoms in total. The predicted molar refractivity (Wildman–Crippen MR) is 251 cm³/mol. The zero-order valence-corrected chi connectivity index (χ0v) is 38.9. The third kappa shape index (κ3) is 15.0. The zero-order valence-electron chi connectivity index (χ0n) is 38.1. The van der Waals surface area contributed by atoms with Crippen molar-refractivity contribution in [2.45, 2.75) is 112 Å². The first-order chi connectivity index (χ1) is 33.2. The quantitative estimate of drug-likeness (QED) is 0.0646. The van der Waals surface area contributed by atoms with E-state index >= 15 is 0 Å². The Kier molecular flexibility index (Phi) is 19.5. The van der Waals surface area contributed by atoms with Gasteiger partial charge in [0.05, 0.1) is 45.9 Å². The number of ether oxygens (including phenoxy) is 9. The molecule has 0 aromatic heterocycles. The van der Waals surface area contributed by atoms with Crippen LogP contribution in [0.25, 0.3) is 0 Å². The van der Waals surface area contributed by atoms with Crippen LogP contribution >= 0.6 is 11.8 Å². The van der Waals surface area contributed by atoms with Gasteiger partial charge in [-0.25, -0.2) is 0 Å². The third-order valence-electron chi connectivity index (χ3n) is 11.3. The van der Waals surface area contributed by atoms with Crippen molar-refractivity contribution < 1.29 is 62.1 Å². The molecule has 2 fully saturated rings. The number of esters is 2. The number of amides is 1. The van der Waals surface area contributed by atoms with Crippen LogP contribution in [0.3, 0.4) is 0 Å². The molecule has 15 heteroatoms. The summed E-state index contributed by atoms with van der Waals surface area (Å²) in [5.41, 5.74) is 2.89. The van der Waals surface area contributed by atoms with Gasteiger partial charge in [0, 0.05) is 18.9 Å². The normalized spacial score (nSPS) is 24.7. The Morgan fingerprint density at radius 3 is 1.59 bits per heavy atom. The van der Waals surface area contributed by atoms with Crippen LogP contribution in [0.1, 0.15) is 42.0 Å². The fourth-order valence-electron chi connectivity index (χ4n) is 7.93. The Morgan fingerprint density at radius 2 is 1.06 bits per heavy atom. The molecule has 5 aromatic carbocycles. The Morgan fingerprint density at radius 1 is 0.574 bits per heavy atom. The van der Waals surface area contributed by atoms with E-state index in [1.807, 2.05) is 152 Å². The molecule has 0 radical (unpaired) electrons. The lowest BCUT2D eigenvalue weighted by Crippen LogP contribution is -2.65. The average molecular weight is 950 g/mol. The van der Waals surface area contributed by atoms with Gasteiger partial charge in [0.1, 0.15) is 54.7 Å². The highest BCUT2D eigenvalue weighted by atomic mass is 32.2. The Hall–Kier alpha value is -5.46. The molecule has 0 bridgehead atoms. The van der Waals surface area contributed by atoms with Gasteiger partial charge in [-0.05, 0) is 34.4 Å². The van der Waals surface area contributed by atoms with Gasteiger partial charge in [-0.1, -0.05) is 151 Å². The van der Waals surface area contributed by atoms with Gasteiger partial charge >= 0.3 is 11.9 Å². The van der Waals surface area contributed by atoms with Crippen LogP contribution in [-0.4, -0.2) is 104 Å². The van der Waals surface area contributed by atoms with Crippen molar-refractivity contribution >= 4 is 29.6 Å². The molecular weight excluding hydrogens is 891 g/mol. The Balaban J connectivity index is 1.06. The molecule has 2 saturated heterocycles. The highest BCUT2D eigenvalue weighted by Crippen LogP contribution is 2.38. The van der Waals surface area contributed by atoms with Crippen molar-refractivity contribution in [2.75, 3.05) is 20.3 Å². The smallest absolute Gasteiger partial charge is 0.306 e. The summed E-state index contributed by atoms with van der Waals surface area (Å²) in [6.07, 6.45) is -8.41. The molecule has 7 rings (SSSR count). The molecule has 68 heavy (non-hydrogen) atoms. The summed E-state index contributed by atoms with van der Waals surface area (Å²) in [5.74, 6) is -1.80. The lowest BCUT2D eigenvalue weighted by Gasteiger charge is -2.45. The summed E-state index contributed by atoms with van der Waals surface area (Å²) in [6, 6.07) is 47.4. The van der Waals surface area contributed by atoms with Crippen molar-refractivity contribution in [2.24, 2.45) is 0 Å². The first-order valence-electron chi connectivity index (χ1n) is 22.7. The second kappa shape index (κ2) is 26.3. The lowest BCUT2D eigenvalue weighted by atomic mass is 9.96. The number of methoxy groups -OCH3 is 1.